The predicted molar refractivity (Wildman–Crippen MR) is 72.8 cm³/mol. The largest absolute Gasteiger partial charge is 0.363 e. The van der Waals surface area contributed by atoms with Gasteiger partial charge in [-0.3, -0.25) is 0 Å². The lowest BCUT2D eigenvalue weighted by Gasteiger charge is -2.32. The van der Waals surface area contributed by atoms with Crippen molar-refractivity contribution in [1.82, 2.24) is 0 Å². The summed E-state index contributed by atoms with van der Waals surface area (Å²) in [6.07, 6.45) is 2.61. The van der Waals surface area contributed by atoms with Crippen LogP contribution in [0.5, 0.6) is 0 Å². The molecule has 3 heterocycles. The summed E-state index contributed by atoms with van der Waals surface area (Å²) in [6.45, 7) is 2.42. The first-order valence-electron chi connectivity index (χ1n) is 5.75. The lowest BCUT2D eigenvalue weighted by molar-refractivity contribution is 0.513. The number of hydrogen-bond acceptors (Lipinski definition) is 3. The maximum atomic E-state index is 2.52. The van der Waals surface area contributed by atoms with Gasteiger partial charge in [-0.1, -0.05) is 6.07 Å². The molecule has 1 saturated heterocycles. The lowest BCUT2D eigenvalue weighted by atomic mass is 9.95. The van der Waals surface area contributed by atoms with Gasteiger partial charge in [0.05, 0.1) is 5.00 Å². The molecule has 0 aromatic carbocycles. The van der Waals surface area contributed by atoms with Crippen LogP contribution in [0.15, 0.2) is 35.0 Å². The van der Waals surface area contributed by atoms with E-state index in [4.69, 9.17) is 0 Å². The van der Waals surface area contributed by atoms with Crippen LogP contribution in [0, 0.1) is 0 Å². The van der Waals surface area contributed by atoms with Crippen molar-refractivity contribution in [2.24, 2.45) is 0 Å². The van der Waals surface area contributed by atoms with Crippen molar-refractivity contribution in [2.75, 3.05) is 18.0 Å². The Morgan fingerprint density at radius 3 is 2.38 bits per heavy atom. The third-order valence-corrected chi connectivity index (χ3v) is 5.22. The molecule has 0 N–H and O–H groups in total. The fraction of sp³-hybridized carbons (Fsp3) is 0.385. The summed E-state index contributed by atoms with van der Waals surface area (Å²) in [6, 6.07) is 8.84. The third-order valence-electron chi connectivity index (χ3n) is 3.26. The molecule has 0 amide bonds. The average molecular weight is 249 g/mol. The molecule has 0 unspecified atom stereocenters. The zero-order chi connectivity index (χ0) is 10.8. The normalized spacial score (nSPS) is 17.9. The fourth-order valence-electron chi connectivity index (χ4n) is 2.36. The number of piperidine rings is 1. The summed E-state index contributed by atoms with van der Waals surface area (Å²) in [4.78, 5) is 4.10. The zero-order valence-electron chi connectivity index (χ0n) is 9.13. The van der Waals surface area contributed by atoms with E-state index in [1.54, 1.807) is 4.88 Å². The lowest BCUT2D eigenvalue weighted by Crippen LogP contribution is -2.31. The van der Waals surface area contributed by atoms with Gasteiger partial charge in [0.2, 0.25) is 0 Å². The van der Waals surface area contributed by atoms with Crippen molar-refractivity contribution < 1.29 is 0 Å². The molecule has 0 spiro atoms. The molecular formula is C13H15NS2. The molecule has 16 heavy (non-hydrogen) atoms. The minimum Gasteiger partial charge on any atom is -0.363 e. The Bertz CT molecular complexity index is 368. The van der Waals surface area contributed by atoms with E-state index in [-0.39, 0.29) is 0 Å². The summed E-state index contributed by atoms with van der Waals surface area (Å²) in [5.74, 6) is 0.802. The highest BCUT2D eigenvalue weighted by Gasteiger charge is 2.21. The Hall–Kier alpha value is -0.800. The number of rotatable bonds is 2. The van der Waals surface area contributed by atoms with Crippen LogP contribution in [-0.4, -0.2) is 13.1 Å². The summed E-state index contributed by atoms with van der Waals surface area (Å²) in [7, 11) is 0. The minimum absolute atomic E-state index is 0.802. The van der Waals surface area contributed by atoms with Gasteiger partial charge >= 0.3 is 0 Å². The van der Waals surface area contributed by atoms with Crippen LogP contribution in [-0.2, 0) is 0 Å². The van der Waals surface area contributed by atoms with Crippen molar-refractivity contribution >= 4 is 27.7 Å². The van der Waals surface area contributed by atoms with Crippen LogP contribution < -0.4 is 4.90 Å². The second-order valence-corrected chi connectivity index (χ2v) is 6.13. The minimum atomic E-state index is 0.802. The molecule has 1 nitrogen and oxygen atoms in total. The smallest absolute Gasteiger partial charge is 0.0908 e. The second-order valence-electron chi connectivity index (χ2n) is 4.23. The van der Waals surface area contributed by atoms with Gasteiger partial charge < -0.3 is 4.90 Å². The van der Waals surface area contributed by atoms with E-state index in [0.29, 0.717) is 0 Å². The first-order valence-corrected chi connectivity index (χ1v) is 7.51. The van der Waals surface area contributed by atoms with Gasteiger partial charge in [-0.2, -0.15) is 0 Å². The van der Waals surface area contributed by atoms with E-state index < -0.39 is 0 Å². The van der Waals surface area contributed by atoms with E-state index in [1.165, 1.54) is 30.9 Å². The Morgan fingerprint density at radius 2 is 1.75 bits per heavy atom. The van der Waals surface area contributed by atoms with Gasteiger partial charge in [-0.15, -0.1) is 22.7 Å². The van der Waals surface area contributed by atoms with E-state index in [9.17, 15) is 0 Å². The molecular weight excluding hydrogens is 234 g/mol. The van der Waals surface area contributed by atoms with Gasteiger partial charge in [0.1, 0.15) is 0 Å². The Labute approximate surface area is 104 Å². The number of hydrogen-bond donors (Lipinski definition) is 0. The molecule has 1 fully saturated rings. The van der Waals surface area contributed by atoms with Gasteiger partial charge in [0.15, 0.2) is 0 Å². The molecule has 1 aliphatic rings. The maximum Gasteiger partial charge on any atom is 0.0908 e. The highest BCUT2D eigenvalue weighted by atomic mass is 32.1. The molecule has 0 aliphatic carbocycles. The topological polar surface area (TPSA) is 3.24 Å². The fourth-order valence-corrected chi connectivity index (χ4v) is 4.04. The van der Waals surface area contributed by atoms with Crippen molar-refractivity contribution in [2.45, 2.75) is 18.8 Å². The number of anilines is 1. The van der Waals surface area contributed by atoms with Crippen molar-refractivity contribution in [1.29, 1.82) is 0 Å². The number of thiophene rings is 2. The van der Waals surface area contributed by atoms with Crippen molar-refractivity contribution in [3.05, 3.63) is 39.9 Å². The number of nitrogens with zero attached hydrogens (tertiary/aromatic N) is 1. The zero-order valence-corrected chi connectivity index (χ0v) is 10.8. The highest BCUT2D eigenvalue weighted by molar-refractivity contribution is 7.14. The van der Waals surface area contributed by atoms with Crippen LogP contribution in [0.25, 0.3) is 0 Å². The second kappa shape index (κ2) is 4.60. The molecule has 84 valence electrons. The standard InChI is InChI=1S/C13H15NS2/c1-3-12(15-9-1)11-5-7-14(8-6-11)13-4-2-10-16-13/h1-4,9-11H,5-8H2. The van der Waals surface area contributed by atoms with Crippen LogP contribution >= 0.6 is 22.7 Å². The van der Waals surface area contributed by atoms with Crippen LogP contribution in [0.2, 0.25) is 0 Å². The molecule has 3 rings (SSSR count). The van der Waals surface area contributed by atoms with Crippen LogP contribution in [0.1, 0.15) is 23.6 Å². The predicted octanol–water partition coefficient (Wildman–Crippen LogP) is 4.19. The molecule has 3 heteroatoms. The van der Waals surface area contributed by atoms with E-state index >= 15 is 0 Å². The van der Waals surface area contributed by atoms with Gasteiger partial charge in [-0.05, 0) is 47.7 Å². The van der Waals surface area contributed by atoms with Gasteiger partial charge in [-0.25, -0.2) is 0 Å². The summed E-state index contributed by atoms with van der Waals surface area (Å²) < 4.78 is 0. The summed E-state index contributed by atoms with van der Waals surface area (Å²) in [5.41, 5.74) is 0. The summed E-state index contributed by atoms with van der Waals surface area (Å²) in [5, 5.41) is 5.80. The first kappa shape index (κ1) is 10.4. The Balaban J connectivity index is 1.64. The SMILES string of the molecule is c1csc(C2CCN(c3cccs3)CC2)c1. The van der Waals surface area contributed by atoms with E-state index in [0.717, 1.165) is 5.92 Å². The molecule has 1 aliphatic heterocycles. The molecule has 0 atom stereocenters. The average Bonchev–Trinajstić information content (AvgIpc) is 3.03. The van der Waals surface area contributed by atoms with Gasteiger partial charge in [0, 0.05) is 18.0 Å². The molecule has 0 saturated carbocycles. The Kier molecular flexibility index (Phi) is 2.98. The van der Waals surface area contributed by atoms with E-state index in [2.05, 4.69) is 39.9 Å². The highest BCUT2D eigenvalue weighted by Crippen LogP contribution is 2.33. The van der Waals surface area contributed by atoms with Gasteiger partial charge in [0.25, 0.3) is 0 Å². The first-order chi connectivity index (χ1) is 7.93. The third kappa shape index (κ3) is 2.02. The maximum absolute atomic E-state index is 2.52. The molecule has 2 aromatic rings. The van der Waals surface area contributed by atoms with Crippen molar-refractivity contribution in [3.8, 4) is 0 Å². The summed E-state index contributed by atoms with van der Waals surface area (Å²) >= 11 is 3.77. The molecule has 0 radical (unpaired) electrons. The Morgan fingerprint density at radius 1 is 1.00 bits per heavy atom. The monoisotopic (exact) mass is 249 g/mol. The van der Waals surface area contributed by atoms with Crippen LogP contribution in [0.3, 0.4) is 0 Å². The quantitative estimate of drug-likeness (QED) is 0.771. The molecule has 2 aromatic heterocycles. The van der Waals surface area contributed by atoms with Crippen molar-refractivity contribution in [3.63, 3.8) is 0 Å². The van der Waals surface area contributed by atoms with Crippen LogP contribution in [0.4, 0.5) is 5.00 Å². The molecule has 0 bridgehead atoms. The van der Waals surface area contributed by atoms with E-state index in [1.807, 2.05) is 22.7 Å².